The number of carbonyl (C=O) groups excluding carboxylic acids is 3. The summed E-state index contributed by atoms with van der Waals surface area (Å²) >= 11 is 1.46. The largest absolute Gasteiger partial charge is 0.454 e. The molecule has 2 N–H and O–H groups in total. The van der Waals surface area contributed by atoms with Crippen LogP contribution in [0.15, 0.2) is 53.4 Å². The maximum atomic E-state index is 12.2. The fourth-order valence-corrected chi connectivity index (χ4v) is 2.85. The zero-order valence-electron chi connectivity index (χ0n) is 15.7. The minimum Gasteiger partial charge on any atom is -0.454 e. The topological polar surface area (TPSA) is 128 Å². The van der Waals surface area contributed by atoms with Gasteiger partial charge in [-0.2, -0.15) is 0 Å². The number of benzene rings is 2. The standard InChI is InChI=1S/C19H19N3O6S/c1-12(20-18(24)13-6-5-7-14(10-13)22(26)27)19(25)28-11-17(23)21-15-8-3-4-9-16(15)29-2/h3-10,12H,11H2,1-2H3,(H,20,24)(H,21,23)/t12-/m0/s1. The van der Waals surface area contributed by atoms with E-state index in [1.807, 2.05) is 18.4 Å². The number of non-ortho nitro benzene ring substituents is 1. The van der Waals surface area contributed by atoms with Crippen molar-refractivity contribution in [3.63, 3.8) is 0 Å². The van der Waals surface area contributed by atoms with E-state index in [0.29, 0.717) is 5.69 Å². The summed E-state index contributed by atoms with van der Waals surface area (Å²) in [6.07, 6.45) is 1.87. The van der Waals surface area contributed by atoms with Gasteiger partial charge in [-0.3, -0.25) is 19.7 Å². The Labute approximate surface area is 171 Å². The molecule has 10 heteroatoms. The Balaban J connectivity index is 1.87. The highest BCUT2D eigenvalue weighted by Gasteiger charge is 2.20. The van der Waals surface area contributed by atoms with Crippen molar-refractivity contribution in [2.24, 2.45) is 0 Å². The van der Waals surface area contributed by atoms with Crippen molar-refractivity contribution in [3.05, 3.63) is 64.2 Å². The highest BCUT2D eigenvalue weighted by Crippen LogP contribution is 2.24. The van der Waals surface area contributed by atoms with E-state index in [-0.39, 0.29) is 11.3 Å². The summed E-state index contributed by atoms with van der Waals surface area (Å²) in [7, 11) is 0. The van der Waals surface area contributed by atoms with E-state index in [1.54, 1.807) is 12.1 Å². The summed E-state index contributed by atoms with van der Waals surface area (Å²) in [5.74, 6) is -1.99. The van der Waals surface area contributed by atoms with E-state index in [1.165, 1.54) is 36.9 Å². The molecule has 0 fully saturated rings. The number of thioether (sulfide) groups is 1. The van der Waals surface area contributed by atoms with Gasteiger partial charge in [-0.1, -0.05) is 18.2 Å². The van der Waals surface area contributed by atoms with Crippen LogP contribution in [-0.2, 0) is 14.3 Å². The number of carbonyl (C=O) groups is 3. The van der Waals surface area contributed by atoms with Gasteiger partial charge in [0.1, 0.15) is 6.04 Å². The number of nitro benzene ring substituents is 1. The van der Waals surface area contributed by atoms with Crippen LogP contribution in [0.1, 0.15) is 17.3 Å². The molecular weight excluding hydrogens is 398 g/mol. The molecule has 0 unspecified atom stereocenters. The molecule has 0 bridgehead atoms. The number of nitrogens with one attached hydrogen (secondary N) is 2. The molecule has 2 amide bonds. The molecule has 0 aromatic heterocycles. The van der Waals surface area contributed by atoms with Gasteiger partial charge < -0.3 is 15.4 Å². The number of para-hydroxylation sites is 1. The summed E-state index contributed by atoms with van der Waals surface area (Å²) in [5, 5.41) is 15.8. The van der Waals surface area contributed by atoms with Crippen molar-refractivity contribution in [1.82, 2.24) is 5.32 Å². The lowest BCUT2D eigenvalue weighted by atomic mass is 10.2. The van der Waals surface area contributed by atoms with Gasteiger partial charge in [0, 0.05) is 22.6 Å². The molecule has 1 atom stereocenters. The van der Waals surface area contributed by atoms with Crippen molar-refractivity contribution in [2.45, 2.75) is 17.9 Å². The molecule has 0 saturated carbocycles. The average Bonchev–Trinajstić information content (AvgIpc) is 2.72. The summed E-state index contributed by atoms with van der Waals surface area (Å²) in [6.45, 7) is 0.872. The molecule has 0 aliphatic carbocycles. The van der Waals surface area contributed by atoms with E-state index in [4.69, 9.17) is 4.74 Å². The molecule has 0 saturated heterocycles. The van der Waals surface area contributed by atoms with Crippen molar-refractivity contribution in [2.75, 3.05) is 18.2 Å². The number of rotatable bonds is 8. The Morgan fingerprint density at radius 3 is 2.59 bits per heavy atom. The number of hydrogen-bond donors (Lipinski definition) is 2. The minimum atomic E-state index is -1.05. The monoisotopic (exact) mass is 417 g/mol. The van der Waals surface area contributed by atoms with Gasteiger partial charge in [-0.25, -0.2) is 4.79 Å². The molecule has 0 aliphatic heterocycles. The smallest absolute Gasteiger partial charge is 0.328 e. The zero-order valence-corrected chi connectivity index (χ0v) is 16.5. The second-order valence-electron chi connectivity index (χ2n) is 5.86. The van der Waals surface area contributed by atoms with Crippen LogP contribution in [0.3, 0.4) is 0 Å². The summed E-state index contributed by atoms with van der Waals surface area (Å²) in [5.41, 5.74) is 0.397. The van der Waals surface area contributed by atoms with Gasteiger partial charge >= 0.3 is 5.97 Å². The normalized spacial score (nSPS) is 11.2. The second-order valence-corrected chi connectivity index (χ2v) is 6.71. The SMILES string of the molecule is CSc1ccccc1NC(=O)COC(=O)[C@H](C)NC(=O)c1cccc([N+](=O)[O-])c1. The zero-order chi connectivity index (χ0) is 21.4. The number of nitro groups is 1. The molecule has 0 spiro atoms. The number of esters is 1. The van der Waals surface area contributed by atoms with Crippen LogP contribution in [0.25, 0.3) is 0 Å². The fourth-order valence-electron chi connectivity index (χ4n) is 2.30. The van der Waals surface area contributed by atoms with Crippen LogP contribution in [0.5, 0.6) is 0 Å². The van der Waals surface area contributed by atoms with Gasteiger partial charge in [0.25, 0.3) is 17.5 Å². The number of amides is 2. The van der Waals surface area contributed by atoms with E-state index in [2.05, 4.69) is 10.6 Å². The van der Waals surface area contributed by atoms with Crippen molar-refractivity contribution >= 4 is 40.9 Å². The molecule has 152 valence electrons. The molecule has 2 aromatic rings. The molecule has 2 rings (SSSR count). The lowest BCUT2D eigenvalue weighted by molar-refractivity contribution is -0.384. The van der Waals surface area contributed by atoms with E-state index >= 15 is 0 Å². The van der Waals surface area contributed by atoms with E-state index < -0.39 is 35.4 Å². The molecular formula is C19H19N3O6S. The van der Waals surface area contributed by atoms with Crippen LogP contribution in [-0.4, -0.2) is 41.6 Å². The highest BCUT2D eigenvalue weighted by molar-refractivity contribution is 7.98. The molecule has 0 aliphatic rings. The number of ether oxygens (including phenoxy) is 1. The molecule has 9 nitrogen and oxygen atoms in total. The van der Waals surface area contributed by atoms with Gasteiger partial charge in [0.2, 0.25) is 0 Å². The first-order valence-corrected chi connectivity index (χ1v) is 9.69. The third kappa shape index (κ3) is 6.32. The van der Waals surface area contributed by atoms with Crippen LogP contribution in [0, 0.1) is 10.1 Å². The molecule has 0 radical (unpaired) electrons. The third-order valence-electron chi connectivity index (χ3n) is 3.75. The molecule has 2 aromatic carbocycles. The quantitative estimate of drug-likeness (QED) is 0.292. The first-order valence-electron chi connectivity index (χ1n) is 8.46. The van der Waals surface area contributed by atoms with Crippen LogP contribution < -0.4 is 10.6 Å². The predicted molar refractivity (Wildman–Crippen MR) is 108 cm³/mol. The Morgan fingerprint density at radius 1 is 1.17 bits per heavy atom. The number of anilines is 1. The second kappa shape index (κ2) is 10.2. The van der Waals surface area contributed by atoms with Crippen molar-refractivity contribution in [3.8, 4) is 0 Å². The van der Waals surface area contributed by atoms with Gasteiger partial charge in [-0.05, 0) is 31.4 Å². The third-order valence-corrected chi connectivity index (χ3v) is 4.54. The Bertz CT molecular complexity index is 934. The van der Waals surface area contributed by atoms with Crippen LogP contribution in [0.2, 0.25) is 0 Å². The average molecular weight is 417 g/mol. The number of nitrogens with zero attached hydrogens (tertiary/aromatic N) is 1. The Morgan fingerprint density at radius 2 is 1.90 bits per heavy atom. The van der Waals surface area contributed by atoms with Crippen LogP contribution >= 0.6 is 11.8 Å². The van der Waals surface area contributed by atoms with Crippen molar-refractivity contribution in [1.29, 1.82) is 0 Å². The Kier molecular flexibility index (Phi) is 7.72. The van der Waals surface area contributed by atoms with Gasteiger partial charge in [0.05, 0.1) is 10.6 Å². The molecule has 29 heavy (non-hydrogen) atoms. The van der Waals surface area contributed by atoms with Crippen LogP contribution in [0.4, 0.5) is 11.4 Å². The summed E-state index contributed by atoms with van der Waals surface area (Å²) in [4.78, 5) is 47.2. The maximum absolute atomic E-state index is 12.2. The number of hydrogen-bond acceptors (Lipinski definition) is 7. The summed E-state index contributed by atoms with van der Waals surface area (Å²) < 4.78 is 4.93. The Hall–Kier alpha value is -3.40. The van der Waals surface area contributed by atoms with Crippen molar-refractivity contribution < 1.29 is 24.0 Å². The molecule has 0 heterocycles. The first kappa shape index (κ1) is 21.9. The van der Waals surface area contributed by atoms with E-state index in [9.17, 15) is 24.5 Å². The lowest BCUT2D eigenvalue weighted by Crippen LogP contribution is -2.40. The first-order chi connectivity index (χ1) is 13.8. The van der Waals surface area contributed by atoms with Gasteiger partial charge in [-0.15, -0.1) is 11.8 Å². The maximum Gasteiger partial charge on any atom is 0.328 e. The minimum absolute atomic E-state index is 0.0327. The van der Waals surface area contributed by atoms with E-state index in [0.717, 1.165) is 11.0 Å². The lowest BCUT2D eigenvalue weighted by Gasteiger charge is -2.14. The summed E-state index contributed by atoms with van der Waals surface area (Å²) in [6, 6.07) is 11.2. The highest BCUT2D eigenvalue weighted by atomic mass is 32.2. The predicted octanol–water partition coefficient (Wildman–Crippen LogP) is 2.62. The fraction of sp³-hybridized carbons (Fsp3) is 0.211. The van der Waals surface area contributed by atoms with Gasteiger partial charge in [0.15, 0.2) is 6.61 Å².